The molecule has 0 aliphatic heterocycles. The van der Waals surface area contributed by atoms with Crippen molar-refractivity contribution < 1.29 is 57.9 Å². The van der Waals surface area contributed by atoms with Gasteiger partial charge in [0.2, 0.25) is 31.8 Å². The van der Waals surface area contributed by atoms with Crippen LogP contribution < -0.4 is 9.62 Å². The third-order valence-electron chi connectivity index (χ3n) is 8.78. The van der Waals surface area contributed by atoms with Crippen LogP contribution in [0, 0.1) is 34.9 Å². The molecule has 1 fully saturated rings. The Morgan fingerprint density at radius 1 is 0.818 bits per heavy atom. The van der Waals surface area contributed by atoms with Gasteiger partial charge in [-0.3, -0.25) is 9.52 Å². The molecule has 0 unspecified atom stereocenters. The van der Waals surface area contributed by atoms with Crippen molar-refractivity contribution >= 4 is 43.3 Å². The van der Waals surface area contributed by atoms with Crippen LogP contribution in [0.4, 0.5) is 37.7 Å². The minimum absolute atomic E-state index is 0.0233. The molecule has 0 aromatic heterocycles. The highest BCUT2D eigenvalue weighted by Crippen LogP contribution is 2.42. The molecule has 10 nitrogen and oxygen atoms in total. The van der Waals surface area contributed by atoms with Crippen LogP contribution in [0.25, 0.3) is 0 Å². The Bertz CT molecular complexity index is 2390. The second-order valence-electron chi connectivity index (χ2n) is 14.1. The lowest BCUT2D eigenvalue weighted by Crippen LogP contribution is -2.43. The predicted molar refractivity (Wildman–Crippen MR) is 190 cm³/mol. The van der Waals surface area contributed by atoms with E-state index in [1.54, 1.807) is 12.1 Å². The summed E-state index contributed by atoms with van der Waals surface area (Å²) in [7, 11) is -10.1. The number of carbonyl (C=O) groups excluding carboxylic acids is 1. The monoisotopic (exact) mass is 811 g/mol. The van der Waals surface area contributed by atoms with Gasteiger partial charge >= 0.3 is 5.97 Å². The summed E-state index contributed by atoms with van der Waals surface area (Å²) in [5.41, 5.74) is 0.195. The quantitative estimate of drug-likeness (QED) is 0.0828. The molecule has 55 heavy (non-hydrogen) atoms. The lowest BCUT2D eigenvalue weighted by atomic mass is 9.84. The van der Waals surface area contributed by atoms with Gasteiger partial charge in [-0.2, -0.15) is 4.31 Å². The van der Waals surface area contributed by atoms with Gasteiger partial charge in [0.15, 0.2) is 28.2 Å². The average molecular weight is 812 g/mol. The second kappa shape index (κ2) is 15.3. The molecule has 5 rings (SSSR count). The Morgan fingerprint density at radius 3 is 1.96 bits per heavy atom. The summed E-state index contributed by atoms with van der Waals surface area (Å²) in [6.45, 7) is 2.82. The lowest BCUT2D eigenvalue weighted by Gasteiger charge is -2.30. The third-order valence-corrected chi connectivity index (χ3v) is 11.2. The van der Waals surface area contributed by atoms with E-state index in [0.717, 1.165) is 65.5 Å². The standard InChI is InChI=1S/C37H35F6N3O7S2/c1-37(2,3)25-14-20(13-24(15-25)21-9-10-21)17-46(28-12-11-22(36(48)49)16-27(28)44-54(4,50)51)29(47)19-45(18-23-7-5-6-8-26(23)38)55(52,53)35-33(42)31(40)30(39)32(41)34(35)43/h5-8,11-16,21,44H,9-10,17-19H2,1-4H3,(H,48,49). The largest absolute Gasteiger partial charge is 0.478 e. The zero-order valence-corrected chi connectivity index (χ0v) is 31.4. The van der Waals surface area contributed by atoms with Gasteiger partial charge in [-0.05, 0) is 65.1 Å². The summed E-state index contributed by atoms with van der Waals surface area (Å²) < 4.78 is 143. The summed E-state index contributed by atoms with van der Waals surface area (Å²) in [4.78, 5) is 25.0. The van der Waals surface area contributed by atoms with Crippen LogP contribution in [0.3, 0.4) is 0 Å². The maximum Gasteiger partial charge on any atom is 0.335 e. The zero-order chi connectivity index (χ0) is 40.8. The van der Waals surface area contributed by atoms with Crippen LogP contribution in [0.1, 0.15) is 72.1 Å². The van der Waals surface area contributed by atoms with Crippen molar-refractivity contribution in [3.63, 3.8) is 0 Å². The normalized spacial score (nSPS) is 13.6. The van der Waals surface area contributed by atoms with E-state index in [4.69, 9.17) is 0 Å². The van der Waals surface area contributed by atoms with Crippen LogP contribution in [0.5, 0.6) is 0 Å². The van der Waals surface area contributed by atoms with E-state index < -0.39 is 114 Å². The molecule has 2 N–H and O–H groups in total. The number of rotatable bonds is 13. The molecule has 0 bridgehead atoms. The SMILES string of the molecule is CC(C)(C)c1cc(CN(C(=O)CN(Cc2ccccc2F)S(=O)(=O)c2c(F)c(F)c(F)c(F)c2F)c2ccc(C(=O)O)cc2NS(C)(=O)=O)cc(C2CC2)c1. The van der Waals surface area contributed by atoms with Gasteiger partial charge < -0.3 is 10.0 Å². The molecule has 294 valence electrons. The van der Waals surface area contributed by atoms with Crippen LogP contribution in [0.2, 0.25) is 0 Å². The van der Waals surface area contributed by atoms with Crippen molar-refractivity contribution in [1.82, 2.24) is 4.31 Å². The van der Waals surface area contributed by atoms with Crippen molar-refractivity contribution in [1.29, 1.82) is 0 Å². The maximum absolute atomic E-state index is 15.1. The van der Waals surface area contributed by atoms with E-state index in [1.807, 2.05) is 26.8 Å². The summed E-state index contributed by atoms with van der Waals surface area (Å²) in [5.74, 6) is -16.8. The zero-order valence-electron chi connectivity index (χ0n) is 29.8. The fourth-order valence-electron chi connectivity index (χ4n) is 5.79. The van der Waals surface area contributed by atoms with Crippen LogP contribution in [-0.4, -0.2) is 50.9 Å². The number of hydrogen-bond donors (Lipinski definition) is 2. The first-order chi connectivity index (χ1) is 25.5. The molecule has 18 heteroatoms. The van der Waals surface area contributed by atoms with Gasteiger partial charge in [-0.25, -0.2) is 48.0 Å². The van der Waals surface area contributed by atoms with Crippen LogP contribution >= 0.6 is 0 Å². The fourth-order valence-corrected chi connectivity index (χ4v) is 7.83. The smallest absolute Gasteiger partial charge is 0.335 e. The minimum atomic E-state index is -5.88. The van der Waals surface area contributed by atoms with Gasteiger partial charge in [0, 0.05) is 12.1 Å². The topological polar surface area (TPSA) is 141 Å². The number of nitrogens with zero attached hydrogens (tertiary/aromatic N) is 2. The van der Waals surface area contributed by atoms with Gasteiger partial charge in [0.1, 0.15) is 5.82 Å². The Hall–Kier alpha value is -4.94. The number of sulfonamides is 2. The first kappa shape index (κ1) is 41.2. The molecule has 1 saturated carbocycles. The Morgan fingerprint density at radius 2 is 1.42 bits per heavy atom. The molecule has 4 aromatic rings. The number of carboxylic acids is 1. The molecule has 0 atom stereocenters. The lowest BCUT2D eigenvalue weighted by molar-refractivity contribution is -0.119. The number of carbonyl (C=O) groups is 2. The van der Waals surface area contributed by atoms with Crippen molar-refractivity contribution in [2.45, 2.75) is 62.9 Å². The van der Waals surface area contributed by atoms with E-state index in [0.29, 0.717) is 5.56 Å². The fraction of sp³-hybridized carbons (Fsp3) is 0.297. The van der Waals surface area contributed by atoms with Gasteiger partial charge in [0.05, 0.1) is 36.3 Å². The average Bonchev–Trinajstić information content (AvgIpc) is 3.94. The van der Waals surface area contributed by atoms with Gasteiger partial charge in [0.25, 0.3) is 0 Å². The number of hydrogen-bond acceptors (Lipinski definition) is 6. The molecule has 1 aliphatic carbocycles. The van der Waals surface area contributed by atoms with E-state index >= 15 is 8.78 Å². The highest BCUT2D eigenvalue weighted by molar-refractivity contribution is 7.92. The molecule has 0 spiro atoms. The van der Waals surface area contributed by atoms with Crippen LogP contribution in [0.15, 0.2) is 65.6 Å². The number of amides is 1. The maximum atomic E-state index is 15.1. The summed E-state index contributed by atoms with van der Waals surface area (Å²) in [5, 5.41) is 9.66. The highest BCUT2D eigenvalue weighted by atomic mass is 32.2. The first-order valence-corrected chi connectivity index (χ1v) is 19.9. The van der Waals surface area contributed by atoms with Crippen molar-refractivity contribution in [2.75, 3.05) is 22.4 Å². The first-order valence-electron chi connectivity index (χ1n) is 16.5. The highest BCUT2D eigenvalue weighted by Gasteiger charge is 2.39. The van der Waals surface area contributed by atoms with Gasteiger partial charge in [-0.15, -0.1) is 0 Å². The number of carboxylic acid groups (broad SMARTS) is 1. The Balaban J connectivity index is 1.72. The van der Waals surface area contributed by atoms with E-state index in [9.17, 15) is 49.1 Å². The summed E-state index contributed by atoms with van der Waals surface area (Å²) in [6, 6.07) is 13.0. The van der Waals surface area contributed by atoms with E-state index in [1.165, 1.54) is 12.1 Å². The molecular formula is C37H35F6N3O7S2. The number of benzene rings is 4. The third kappa shape index (κ3) is 9.13. The molecule has 0 saturated heterocycles. The van der Waals surface area contributed by atoms with Crippen molar-refractivity contribution in [3.8, 4) is 0 Å². The predicted octanol–water partition coefficient (Wildman–Crippen LogP) is 7.19. The van der Waals surface area contributed by atoms with Crippen LogP contribution in [-0.2, 0) is 43.3 Å². The molecular weight excluding hydrogens is 777 g/mol. The molecule has 1 aliphatic rings. The van der Waals surface area contributed by atoms with Gasteiger partial charge in [-0.1, -0.05) is 57.2 Å². The molecule has 0 radical (unpaired) electrons. The minimum Gasteiger partial charge on any atom is -0.478 e. The summed E-state index contributed by atoms with van der Waals surface area (Å²) >= 11 is 0. The second-order valence-corrected chi connectivity index (χ2v) is 17.8. The van der Waals surface area contributed by atoms with Crippen molar-refractivity contribution in [2.24, 2.45) is 0 Å². The molecule has 0 heterocycles. The Labute approximate surface area is 313 Å². The van der Waals surface area contributed by atoms with E-state index in [2.05, 4.69) is 4.72 Å². The molecule has 4 aromatic carbocycles. The number of halogens is 6. The van der Waals surface area contributed by atoms with Crippen molar-refractivity contribution in [3.05, 3.63) is 123 Å². The number of anilines is 2. The molecule has 1 amide bonds. The number of aromatic carboxylic acids is 1. The summed E-state index contributed by atoms with van der Waals surface area (Å²) in [6.07, 6.45) is 2.52. The number of nitrogens with one attached hydrogen (secondary N) is 1. The van der Waals surface area contributed by atoms with E-state index in [-0.39, 0.29) is 15.9 Å². The Kier molecular flexibility index (Phi) is 11.5.